The molecule has 3 rings (SSSR count). The summed E-state index contributed by atoms with van der Waals surface area (Å²) in [4.78, 5) is 25.0. The molecular weight excluding hydrogens is 276 g/mol. The number of hydrogen-bond donors (Lipinski definition) is 1. The summed E-state index contributed by atoms with van der Waals surface area (Å²) < 4.78 is 0. The topological polar surface area (TPSA) is 70.0 Å². The van der Waals surface area contributed by atoms with Crippen molar-refractivity contribution in [1.29, 1.82) is 5.26 Å². The maximum atomic E-state index is 12.7. The predicted octanol–water partition coefficient (Wildman–Crippen LogP) is 2.68. The number of Topliss-reactive ketones (excluding diaryl/α,β-unsaturated/α-hetero) is 1. The normalized spacial score (nSPS) is 27.0. The van der Waals surface area contributed by atoms with Gasteiger partial charge in [0.05, 0.1) is 6.07 Å². The average molecular weight is 294 g/mol. The number of nitriles is 1. The van der Waals surface area contributed by atoms with Crippen molar-refractivity contribution in [2.75, 3.05) is 0 Å². The fraction of sp³-hybridized carbons (Fsp3) is 0.389. The van der Waals surface area contributed by atoms with Crippen LogP contribution in [0.5, 0.6) is 0 Å². The van der Waals surface area contributed by atoms with Crippen molar-refractivity contribution < 1.29 is 9.59 Å². The number of ketones is 1. The summed E-state index contributed by atoms with van der Waals surface area (Å²) in [6.07, 6.45) is 1.10. The molecule has 4 heteroatoms. The van der Waals surface area contributed by atoms with Crippen LogP contribution < -0.4 is 5.32 Å². The summed E-state index contributed by atoms with van der Waals surface area (Å²) in [6.45, 7) is 4.05. The number of allylic oxidation sites excluding steroid dienone is 2. The van der Waals surface area contributed by atoms with E-state index in [-0.39, 0.29) is 17.1 Å². The van der Waals surface area contributed by atoms with Crippen molar-refractivity contribution in [3.8, 4) is 6.07 Å². The second-order valence-corrected chi connectivity index (χ2v) is 6.82. The lowest BCUT2D eigenvalue weighted by atomic mass is 9.67. The van der Waals surface area contributed by atoms with Crippen molar-refractivity contribution in [3.63, 3.8) is 0 Å². The van der Waals surface area contributed by atoms with E-state index in [1.807, 2.05) is 44.2 Å². The first kappa shape index (κ1) is 14.5. The van der Waals surface area contributed by atoms with E-state index in [0.717, 1.165) is 5.56 Å². The van der Waals surface area contributed by atoms with E-state index < -0.39 is 11.8 Å². The molecule has 0 saturated heterocycles. The van der Waals surface area contributed by atoms with Crippen LogP contribution in [0.15, 0.2) is 41.6 Å². The Hall–Kier alpha value is -2.41. The van der Waals surface area contributed by atoms with Crippen LogP contribution in [-0.2, 0) is 9.59 Å². The van der Waals surface area contributed by atoms with Gasteiger partial charge in [-0.05, 0) is 17.4 Å². The molecule has 0 fully saturated rings. The van der Waals surface area contributed by atoms with E-state index in [9.17, 15) is 14.9 Å². The largest absolute Gasteiger partial charge is 0.328 e. The number of benzene rings is 1. The highest BCUT2D eigenvalue weighted by Gasteiger charge is 2.45. The number of nitrogens with one attached hydrogen (secondary N) is 1. The summed E-state index contributed by atoms with van der Waals surface area (Å²) in [5.41, 5.74) is 2.01. The van der Waals surface area contributed by atoms with Gasteiger partial charge >= 0.3 is 0 Å². The first-order valence-corrected chi connectivity index (χ1v) is 7.44. The zero-order valence-electron chi connectivity index (χ0n) is 12.7. The Kier molecular flexibility index (Phi) is 3.37. The number of nitrogens with zero attached hydrogens (tertiary/aromatic N) is 1. The molecule has 2 aliphatic rings. The molecule has 1 heterocycles. The quantitative estimate of drug-likeness (QED) is 0.865. The molecule has 2 atom stereocenters. The Morgan fingerprint density at radius 1 is 1.18 bits per heavy atom. The van der Waals surface area contributed by atoms with Gasteiger partial charge in [-0.1, -0.05) is 44.2 Å². The van der Waals surface area contributed by atoms with Crippen molar-refractivity contribution >= 4 is 11.7 Å². The second kappa shape index (κ2) is 5.10. The molecule has 0 unspecified atom stereocenters. The fourth-order valence-electron chi connectivity index (χ4n) is 3.50. The van der Waals surface area contributed by atoms with Crippen LogP contribution in [0.1, 0.15) is 38.2 Å². The molecule has 1 amide bonds. The molecule has 22 heavy (non-hydrogen) atoms. The molecular formula is C18H18N2O2. The van der Waals surface area contributed by atoms with E-state index >= 15 is 0 Å². The van der Waals surface area contributed by atoms with E-state index in [2.05, 4.69) is 11.4 Å². The van der Waals surface area contributed by atoms with Gasteiger partial charge in [0.2, 0.25) is 5.91 Å². The molecule has 1 aliphatic heterocycles. The fourth-order valence-corrected chi connectivity index (χ4v) is 3.50. The van der Waals surface area contributed by atoms with Gasteiger partial charge in [-0.3, -0.25) is 9.59 Å². The minimum absolute atomic E-state index is 0.0420. The third kappa shape index (κ3) is 2.33. The molecule has 0 aromatic heterocycles. The zero-order valence-corrected chi connectivity index (χ0v) is 12.7. The maximum absolute atomic E-state index is 12.7. The van der Waals surface area contributed by atoms with Gasteiger partial charge in [-0.2, -0.15) is 5.26 Å². The minimum atomic E-state index is -0.855. The van der Waals surface area contributed by atoms with Crippen LogP contribution in [0.25, 0.3) is 0 Å². The molecule has 1 aromatic rings. The monoisotopic (exact) mass is 294 g/mol. The lowest BCUT2D eigenvalue weighted by Crippen LogP contribution is -2.45. The van der Waals surface area contributed by atoms with Gasteiger partial charge in [-0.15, -0.1) is 0 Å². The van der Waals surface area contributed by atoms with Crippen molar-refractivity contribution in [1.82, 2.24) is 5.32 Å². The third-order valence-electron chi connectivity index (χ3n) is 4.42. The highest BCUT2D eigenvalue weighted by Crippen LogP contribution is 2.45. The summed E-state index contributed by atoms with van der Waals surface area (Å²) in [5.74, 6) is -1.58. The Balaban J connectivity index is 2.17. The summed E-state index contributed by atoms with van der Waals surface area (Å²) in [5, 5.41) is 12.2. The predicted molar refractivity (Wildman–Crippen MR) is 81.5 cm³/mol. The second-order valence-electron chi connectivity index (χ2n) is 6.82. The minimum Gasteiger partial charge on any atom is -0.328 e. The molecule has 0 bridgehead atoms. The SMILES string of the molecule is CC1(C)CC(=O)C2=C(C1)NC(=O)[C@@H](C#N)[C@H]2c1ccccc1. The number of amides is 1. The molecule has 112 valence electrons. The third-order valence-corrected chi connectivity index (χ3v) is 4.42. The molecule has 0 saturated carbocycles. The summed E-state index contributed by atoms with van der Waals surface area (Å²) >= 11 is 0. The Bertz CT molecular complexity index is 710. The van der Waals surface area contributed by atoms with Crippen LogP contribution in [0.2, 0.25) is 0 Å². The van der Waals surface area contributed by atoms with E-state index in [1.165, 1.54) is 0 Å². The van der Waals surface area contributed by atoms with E-state index in [1.54, 1.807) is 0 Å². The Morgan fingerprint density at radius 2 is 1.86 bits per heavy atom. The number of carbonyl (C=O) groups excluding carboxylic acids is 2. The zero-order chi connectivity index (χ0) is 15.9. The van der Waals surface area contributed by atoms with Gasteiger partial charge in [0.1, 0.15) is 5.92 Å². The molecule has 0 spiro atoms. The molecule has 4 nitrogen and oxygen atoms in total. The smallest absolute Gasteiger partial charge is 0.242 e. The van der Waals surface area contributed by atoms with Gasteiger partial charge < -0.3 is 5.32 Å². The van der Waals surface area contributed by atoms with Gasteiger partial charge in [0, 0.05) is 23.6 Å². The van der Waals surface area contributed by atoms with Crippen molar-refractivity contribution in [3.05, 3.63) is 47.2 Å². The first-order valence-electron chi connectivity index (χ1n) is 7.44. The average Bonchev–Trinajstić information content (AvgIpc) is 2.45. The molecule has 1 aliphatic carbocycles. The van der Waals surface area contributed by atoms with Crippen LogP contribution >= 0.6 is 0 Å². The van der Waals surface area contributed by atoms with Crippen molar-refractivity contribution in [2.24, 2.45) is 11.3 Å². The molecule has 1 aromatic carbocycles. The number of rotatable bonds is 1. The van der Waals surface area contributed by atoms with Crippen LogP contribution in [0, 0.1) is 22.7 Å². The van der Waals surface area contributed by atoms with Gasteiger partial charge in [-0.25, -0.2) is 0 Å². The lowest BCUT2D eigenvalue weighted by Gasteiger charge is -2.39. The number of carbonyl (C=O) groups is 2. The van der Waals surface area contributed by atoms with Gasteiger partial charge in [0.25, 0.3) is 0 Å². The number of hydrogen-bond acceptors (Lipinski definition) is 3. The Morgan fingerprint density at radius 3 is 2.50 bits per heavy atom. The first-order chi connectivity index (χ1) is 10.4. The maximum Gasteiger partial charge on any atom is 0.242 e. The van der Waals surface area contributed by atoms with Crippen LogP contribution in [-0.4, -0.2) is 11.7 Å². The lowest BCUT2D eigenvalue weighted by molar-refractivity contribution is -0.125. The van der Waals surface area contributed by atoms with Crippen molar-refractivity contribution in [2.45, 2.75) is 32.6 Å². The standard InChI is InChI=1S/C18H18N2O2/c1-18(2)8-13-16(14(21)9-18)15(11-6-4-3-5-7-11)12(10-19)17(22)20-13/h3-7,12,15H,8-9H2,1-2H3,(H,20,22)/t12-,15+/m0/s1. The van der Waals surface area contributed by atoms with Crippen LogP contribution in [0.4, 0.5) is 0 Å². The highest BCUT2D eigenvalue weighted by molar-refractivity contribution is 6.03. The van der Waals surface area contributed by atoms with E-state index in [4.69, 9.17) is 0 Å². The highest BCUT2D eigenvalue weighted by atomic mass is 16.2. The molecule has 0 radical (unpaired) electrons. The summed E-state index contributed by atoms with van der Waals surface area (Å²) in [7, 11) is 0. The Labute approximate surface area is 129 Å². The summed E-state index contributed by atoms with van der Waals surface area (Å²) in [6, 6.07) is 11.5. The van der Waals surface area contributed by atoms with E-state index in [0.29, 0.717) is 24.1 Å². The van der Waals surface area contributed by atoms with Crippen LogP contribution in [0.3, 0.4) is 0 Å². The molecule has 1 N–H and O–H groups in total. The van der Waals surface area contributed by atoms with Gasteiger partial charge in [0.15, 0.2) is 5.78 Å².